The number of piperidine rings is 1. The first kappa shape index (κ1) is 13.0. The molecule has 0 saturated carbocycles. The van der Waals surface area contributed by atoms with Gasteiger partial charge in [-0.05, 0) is 31.9 Å². The Kier molecular flexibility index (Phi) is 5.26. The van der Waals surface area contributed by atoms with Crippen molar-refractivity contribution in [3.05, 3.63) is 24.0 Å². The molecular formula is C13H22N2O. The molecule has 1 aliphatic heterocycles. The van der Waals surface area contributed by atoms with E-state index in [1.54, 1.807) is 0 Å². The second kappa shape index (κ2) is 6.48. The Bertz CT molecular complexity index is 289. The third-order valence-corrected chi connectivity index (χ3v) is 2.73. The van der Waals surface area contributed by atoms with Gasteiger partial charge in [-0.1, -0.05) is 13.8 Å². The number of aryl methyl sites for hydroxylation is 1. The van der Waals surface area contributed by atoms with Crippen molar-refractivity contribution >= 4 is 5.69 Å². The van der Waals surface area contributed by atoms with Gasteiger partial charge in [-0.2, -0.15) is 0 Å². The first-order valence-corrected chi connectivity index (χ1v) is 6.11. The van der Waals surface area contributed by atoms with Crippen LogP contribution in [-0.4, -0.2) is 29.3 Å². The number of nitrogens with zero attached hydrogens (tertiary/aromatic N) is 2. The molecule has 1 saturated heterocycles. The highest BCUT2D eigenvalue weighted by atomic mass is 16.3. The smallest absolute Gasteiger partial charge is 0.0574 e. The quantitative estimate of drug-likeness (QED) is 0.792. The summed E-state index contributed by atoms with van der Waals surface area (Å²) in [5.74, 6) is 0. The number of aromatic nitrogens is 1. The standard InChI is InChI=1S/C11H16N2O.C2H6/c1-9-2-3-10(8-12-9)13-6-4-11(14)5-7-13;1-2/h2-3,8,11,14H,4-7H2,1H3;1-2H3. The van der Waals surface area contributed by atoms with Crippen molar-refractivity contribution in [2.75, 3.05) is 18.0 Å². The Morgan fingerprint density at radius 1 is 1.25 bits per heavy atom. The van der Waals surface area contributed by atoms with Crippen LogP contribution >= 0.6 is 0 Å². The third-order valence-electron chi connectivity index (χ3n) is 2.73. The van der Waals surface area contributed by atoms with Gasteiger partial charge in [-0.15, -0.1) is 0 Å². The van der Waals surface area contributed by atoms with E-state index in [0.717, 1.165) is 31.6 Å². The highest BCUT2D eigenvalue weighted by Gasteiger charge is 2.16. The van der Waals surface area contributed by atoms with Gasteiger partial charge in [-0.3, -0.25) is 4.98 Å². The normalized spacial score (nSPS) is 16.6. The summed E-state index contributed by atoms with van der Waals surface area (Å²) in [4.78, 5) is 6.55. The topological polar surface area (TPSA) is 36.4 Å². The van der Waals surface area contributed by atoms with Crippen molar-refractivity contribution < 1.29 is 5.11 Å². The van der Waals surface area contributed by atoms with Crippen LogP contribution in [-0.2, 0) is 0 Å². The molecule has 3 heteroatoms. The molecule has 1 aliphatic rings. The van der Waals surface area contributed by atoms with Crippen molar-refractivity contribution in [1.82, 2.24) is 4.98 Å². The second-order valence-corrected chi connectivity index (χ2v) is 3.88. The summed E-state index contributed by atoms with van der Waals surface area (Å²) in [6.45, 7) is 7.86. The second-order valence-electron chi connectivity index (χ2n) is 3.88. The number of pyridine rings is 1. The number of aliphatic hydroxyl groups is 1. The SMILES string of the molecule is CC.Cc1ccc(N2CCC(O)CC2)cn1. The number of hydrogen-bond donors (Lipinski definition) is 1. The summed E-state index contributed by atoms with van der Waals surface area (Å²) < 4.78 is 0. The Labute approximate surface area is 98.1 Å². The van der Waals surface area contributed by atoms with E-state index in [1.807, 2.05) is 33.0 Å². The van der Waals surface area contributed by atoms with Crippen molar-refractivity contribution in [3.63, 3.8) is 0 Å². The monoisotopic (exact) mass is 222 g/mol. The summed E-state index contributed by atoms with van der Waals surface area (Å²) in [6.07, 6.45) is 3.54. The van der Waals surface area contributed by atoms with E-state index in [9.17, 15) is 5.11 Å². The predicted octanol–water partition coefficient (Wildman–Crippen LogP) is 2.38. The molecule has 0 unspecified atom stereocenters. The van der Waals surface area contributed by atoms with Crippen LogP contribution in [0.4, 0.5) is 5.69 Å². The van der Waals surface area contributed by atoms with E-state index in [4.69, 9.17) is 0 Å². The minimum absolute atomic E-state index is 0.107. The average Bonchev–Trinajstić information content (AvgIpc) is 2.34. The molecule has 2 rings (SSSR count). The summed E-state index contributed by atoms with van der Waals surface area (Å²) in [6, 6.07) is 4.13. The Hall–Kier alpha value is -1.09. The molecule has 0 aromatic carbocycles. The zero-order valence-electron chi connectivity index (χ0n) is 10.5. The van der Waals surface area contributed by atoms with Crippen LogP contribution in [0.3, 0.4) is 0 Å². The van der Waals surface area contributed by atoms with E-state index in [0.29, 0.717) is 0 Å². The van der Waals surface area contributed by atoms with Gasteiger partial charge in [-0.25, -0.2) is 0 Å². The van der Waals surface area contributed by atoms with Crippen LogP contribution in [0.25, 0.3) is 0 Å². The first-order chi connectivity index (χ1) is 7.75. The number of hydrogen-bond acceptors (Lipinski definition) is 3. The molecule has 3 nitrogen and oxygen atoms in total. The summed E-state index contributed by atoms with van der Waals surface area (Å²) in [5.41, 5.74) is 2.22. The van der Waals surface area contributed by atoms with Gasteiger partial charge in [0.1, 0.15) is 0 Å². The molecule has 1 aromatic heterocycles. The van der Waals surface area contributed by atoms with Crippen molar-refractivity contribution in [3.8, 4) is 0 Å². The molecule has 0 radical (unpaired) electrons. The zero-order chi connectivity index (χ0) is 12.0. The highest BCUT2D eigenvalue weighted by molar-refractivity contribution is 5.44. The van der Waals surface area contributed by atoms with Crippen LogP contribution < -0.4 is 4.90 Å². The van der Waals surface area contributed by atoms with E-state index >= 15 is 0 Å². The lowest BCUT2D eigenvalue weighted by molar-refractivity contribution is 0.145. The van der Waals surface area contributed by atoms with Crippen LogP contribution in [0, 0.1) is 6.92 Å². The van der Waals surface area contributed by atoms with E-state index in [1.165, 1.54) is 5.69 Å². The molecule has 16 heavy (non-hydrogen) atoms. The van der Waals surface area contributed by atoms with E-state index < -0.39 is 0 Å². The number of aliphatic hydroxyl groups excluding tert-OH is 1. The van der Waals surface area contributed by atoms with Crippen LogP contribution in [0.1, 0.15) is 32.4 Å². The molecule has 0 spiro atoms. The Balaban J connectivity index is 0.000000606. The molecule has 0 bridgehead atoms. The van der Waals surface area contributed by atoms with Gasteiger partial charge in [0, 0.05) is 18.8 Å². The van der Waals surface area contributed by atoms with Gasteiger partial charge < -0.3 is 10.0 Å². The molecule has 1 fully saturated rings. The van der Waals surface area contributed by atoms with E-state index in [-0.39, 0.29) is 6.10 Å². The molecular weight excluding hydrogens is 200 g/mol. The van der Waals surface area contributed by atoms with Crippen LogP contribution in [0.15, 0.2) is 18.3 Å². The zero-order valence-corrected chi connectivity index (χ0v) is 10.5. The largest absolute Gasteiger partial charge is 0.393 e. The minimum atomic E-state index is -0.107. The molecule has 0 aliphatic carbocycles. The summed E-state index contributed by atoms with van der Waals surface area (Å²) >= 11 is 0. The molecule has 1 N–H and O–H groups in total. The van der Waals surface area contributed by atoms with Crippen molar-refractivity contribution in [2.24, 2.45) is 0 Å². The van der Waals surface area contributed by atoms with Crippen molar-refractivity contribution in [2.45, 2.75) is 39.7 Å². The molecule has 1 aromatic rings. The van der Waals surface area contributed by atoms with Crippen molar-refractivity contribution in [1.29, 1.82) is 0 Å². The van der Waals surface area contributed by atoms with Gasteiger partial charge in [0.15, 0.2) is 0 Å². The lowest BCUT2D eigenvalue weighted by Gasteiger charge is -2.31. The molecule has 0 amide bonds. The molecule has 0 atom stereocenters. The first-order valence-electron chi connectivity index (χ1n) is 6.11. The lowest BCUT2D eigenvalue weighted by Crippen LogP contribution is -2.35. The Morgan fingerprint density at radius 3 is 2.38 bits per heavy atom. The van der Waals surface area contributed by atoms with Gasteiger partial charge in [0.2, 0.25) is 0 Å². The van der Waals surface area contributed by atoms with Gasteiger partial charge >= 0.3 is 0 Å². The summed E-state index contributed by atoms with van der Waals surface area (Å²) in [7, 11) is 0. The Morgan fingerprint density at radius 2 is 1.88 bits per heavy atom. The third kappa shape index (κ3) is 3.49. The predicted molar refractivity (Wildman–Crippen MR) is 67.8 cm³/mol. The minimum Gasteiger partial charge on any atom is -0.393 e. The van der Waals surface area contributed by atoms with E-state index in [2.05, 4.69) is 16.0 Å². The maximum atomic E-state index is 9.38. The number of rotatable bonds is 1. The fourth-order valence-corrected chi connectivity index (χ4v) is 1.77. The maximum Gasteiger partial charge on any atom is 0.0574 e. The maximum absolute atomic E-state index is 9.38. The van der Waals surface area contributed by atoms with Gasteiger partial charge in [0.05, 0.1) is 18.0 Å². The highest BCUT2D eigenvalue weighted by Crippen LogP contribution is 2.18. The fourth-order valence-electron chi connectivity index (χ4n) is 1.77. The van der Waals surface area contributed by atoms with Crippen LogP contribution in [0.5, 0.6) is 0 Å². The molecule has 2 heterocycles. The molecule has 90 valence electrons. The summed E-state index contributed by atoms with van der Waals surface area (Å²) in [5, 5.41) is 9.38. The fraction of sp³-hybridized carbons (Fsp3) is 0.615. The van der Waals surface area contributed by atoms with Gasteiger partial charge in [0.25, 0.3) is 0 Å². The number of anilines is 1. The lowest BCUT2D eigenvalue weighted by atomic mass is 10.1. The van der Waals surface area contributed by atoms with Crippen LogP contribution in [0.2, 0.25) is 0 Å². The average molecular weight is 222 g/mol.